The zero-order valence-corrected chi connectivity index (χ0v) is 19.1. The number of aromatic nitrogens is 1. The number of para-hydroxylation sites is 2. The normalized spacial score (nSPS) is 13.3. The Balaban J connectivity index is 1.78. The summed E-state index contributed by atoms with van der Waals surface area (Å²) >= 11 is 0. The fourth-order valence-corrected chi connectivity index (χ4v) is 3.83. The minimum Gasteiger partial charge on any atom is -0.377 e. The summed E-state index contributed by atoms with van der Waals surface area (Å²) in [6, 6.07) is 23.7. The van der Waals surface area contributed by atoms with Crippen LogP contribution in [0.25, 0.3) is 0 Å². The third-order valence-corrected chi connectivity index (χ3v) is 5.59. The van der Waals surface area contributed by atoms with Gasteiger partial charge in [-0.15, -0.1) is 0 Å². The van der Waals surface area contributed by atoms with Crippen molar-refractivity contribution in [3.8, 4) is 0 Å². The minimum atomic E-state index is 0.125. The Morgan fingerprint density at radius 2 is 0.933 bits per heavy atom. The second-order valence-electron chi connectivity index (χ2n) is 8.70. The molecule has 2 unspecified atom stereocenters. The number of pyridine rings is 1. The molecule has 3 heteroatoms. The first-order valence-corrected chi connectivity index (χ1v) is 11.0. The quantitative estimate of drug-likeness (QED) is 0.406. The number of rotatable bonds is 8. The Hall–Kier alpha value is -2.81. The molecule has 0 fully saturated rings. The molecule has 30 heavy (non-hydrogen) atoms. The number of nitrogens with one attached hydrogen (secondary N) is 2. The van der Waals surface area contributed by atoms with Crippen molar-refractivity contribution in [2.45, 2.75) is 65.5 Å². The number of benzene rings is 2. The number of hydrogen-bond acceptors (Lipinski definition) is 3. The van der Waals surface area contributed by atoms with Crippen molar-refractivity contribution < 1.29 is 0 Å². The van der Waals surface area contributed by atoms with Crippen LogP contribution in [0, 0.1) is 0 Å². The van der Waals surface area contributed by atoms with Crippen molar-refractivity contribution in [1.82, 2.24) is 4.98 Å². The number of anilines is 2. The molecular formula is C27H35N3. The summed E-state index contributed by atoms with van der Waals surface area (Å²) in [6.45, 7) is 13.3. The van der Waals surface area contributed by atoms with Crippen LogP contribution in [-0.2, 0) is 0 Å². The first-order chi connectivity index (χ1) is 14.4. The lowest BCUT2D eigenvalue weighted by Crippen LogP contribution is -2.14. The first-order valence-electron chi connectivity index (χ1n) is 11.0. The molecule has 0 bridgehead atoms. The molecule has 0 spiro atoms. The van der Waals surface area contributed by atoms with Crippen LogP contribution in [0.1, 0.15) is 88.0 Å². The molecule has 0 saturated heterocycles. The highest BCUT2D eigenvalue weighted by atomic mass is 15.0. The molecule has 0 aliphatic carbocycles. The molecule has 2 N–H and O–H groups in total. The van der Waals surface area contributed by atoms with Crippen LogP contribution in [0.5, 0.6) is 0 Å². The topological polar surface area (TPSA) is 37.0 Å². The lowest BCUT2D eigenvalue weighted by atomic mass is 10.00. The molecule has 0 radical (unpaired) electrons. The molecule has 0 saturated carbocycles. The summed E-state index contributed by atoms with van der Waals surface area (Å²) in [5.74, 6) is 0.955. The average molecular weight is 402 g/mol. The van der Waals surface area contributed by atoms with Crippen LogP contribution in [0.15, 0.2) is 66.7 Å². The third-order valence-electron chi connectivity index (χ3n) is 5.59. The highest BCUT2D eigenvalue weighted by Crippen LogP contribution is 2.29. The maximum Gasteiger partial charge on any atom is 0.0657 e. The second kappa shape index (κ2) is 9.80. The summed E-state index contributed by atoms with van der Waals surface area (Å²) < 4.78 is 0. The van der Waals surface area contributed by atoms with Crippen molar-refractivity contribution in [3.63, 3.8) is 0 Å². The van der Waals surface area contributed by atoms with E-state index >= 15 is 0 Å². The van der Waals surface area contributed by atoms with Crippen molar-refractivity contribution >= 4 is 11.4 Å². The molecule has 1 heterocycles. The molecule has 3 rings (SSSR count). The van der Waals surface area contributed by atoms with E-state index in [2.05, 4.69) is 119 Å². The smallest absolute Gasteiger partial charge is 0.0657 e. The van der Waals surface area contributed by atoms with Crippen LogP contribution >= 0.6 is 0 Å². The van der Waals surface area contributed by atoms with Gasteiger partial charge < -0.3 is 10.6 Å². The fraction of sp³-hybridized carbons (Fsp3) is 0.370. The van der Waals surface area contributed by atoms with Gasteiger partial charge in [0.15, 0.2) is 0 Å². The van der Waals surface area contributed by atoms with Gasteiger partial charge in [-0.1, -0.05) is 70.2 Å². The van der Waals surface area contributed by atoms with E-state index in [9.17, 15) is 0 Å². The summed E-state index contributed by atoms with van der Waals surface area (Å²) in [5.41, 5.74) is 7.14. The molecule has 3 aromatic rings. The molecule has 158 valence electrons. The summed E-state index contributed by atoms with van der Waals surface area (Å²) in [5, 5.41) is 7.33. The molecule has 2 atom stereocenters. The van der Waals surface area contributed by atoms with Gasteiger partial charge in [0.2, 0.25) is 0 Å². The van der Waals surface area contributed by atoms with Crippen LogP contribution in [0.3, 0.4) is 0 Å². The third kappa shape index (κ3) is 5.21. The maximum atomic E-state index is 4.99. The number of hydrogen-bond donors (Lipinski definition) is 2. The monoisotopic (exact) mass is 401 g/mol. The lowest BCUT2D eigenvalue weighted by molar-refractivity contribution is 0.772. The van der Waals surface area contributed by atoms with Gasteiger partial charge in [0.1, 0.15) is 0 Å². The highest BCUT2D eigenvalue weighted by molar-refractivity contribution is 5.54. The van der Waals surface area contributed by atoms with E-state index in [1.807, 2.05) is 0 Å². The zero-order chi connectivity index (χ0) is 21.7. The molecule has 0 amide bonds. The van der Waals surface area contributed by atoms with E-state index in [0.29, 0.717) is 11.8 Å². The molecular weight excluding hydrogens is 366 g/mol. The maximum absolute atomic E-state index is 4.99. The van der Waals surface area contributed by atoms with Gasteiger partial charge in [-0.25, -0.2) is 0 Å². The van der Waals surface area contributed by atoms with E-state index in [4.69, 9.17) is 4.98 Å². The molecule has 1 aromatic heterocycles. The van der Waals surface area contributed by atoms with Gasteiger partial charge in [-0.3, -0.25) is 4.98 Å². The summed E-state index contributed by atoms with van der Waals surface area (Å²) in [7, 11) is 0. The van der Waals surface area contributed by atoms with Crippen molar-refractivity contribution in [1.29, 1.82) is 0 Å². The SMILES string of the molecule is CC(C)c1ccccc1NC(C)c1cccc(C(C)Nc2ccccc2C(C)C)n1. The van der Waals surface area contributed by atoms with E-state index in [1.54, 1.807) is 0 Å². The van der Waals surface area contributed by atoms with E-state index in [0.717, 1.165) is 11.4 Å². The Labute approximate surface area is 182 Å². The standard InChI is InChI=1S/C27H35N3/c1-18(2)22-12-7-9-14-26(22)28-20(5)24-16-11-17-25(30-24)21(6)29-27-15-10-8-13-23(27)19(3)4/h7-21,28-29H,1-6H3. The fourth-order valence-electron chi connectivity index (χ4n) is 3.83. The van der Waals surface area contributed by atoms with Crippen LogP contribution in [-0.4, -0.2) is 4.98 Å². The highest BCUT2D eigenvalue weighted by Gasteiger charge is 2.15. The van der Waals surface area contributed by atoms with Gasteiger partial charge in [-0.2, -0.15) is 0 Å². The van der Waals surface area contributed by atoms with E-state index in [-0.39, 0.29) is 12.1 Å². The van der Waals surface area contributed by atoms with Gasteiger partial charge in [0.25, 0.3) is 0 Å². The van der Waals surface area contributed by atoms with E-state index in [1.165, 1.54) is 22.5 Å². The van der Waals surface area contributed by atoms with Crippen molar-refractivity contribution in [2.75, 3.05) is 10.6 Å². The number of nitrogens with zero attached hydrogens (tertiary/aromatic N) is 1. The Morgan fingerprint density at radius 3 is 1.33 bits per heavy atom. The molecule has 0 aliphatic heterocycles. The predicted molar refractivity (Wildman–Crippen MR) is 129 cm³/mol. The van der Waals surface area contributed by atoms with Crippen molar-refractivity contribution in [3.05, 3.63) is 89.2 Å². The summed E-state index contributed by atoms with van der Waals surface area (Å²) in [4.78, 5) is 4.99. The summed E-state index contributed by atoms with van der Waals surface area (Å²) in [6.07, 6.45) is 0. The first kappa shape index (κ1) is 21.9. The van der Waals surface area contributed by atoms with Crippen molar-refractivity contribution in [2.24, 2.45) is 0 Å². The average Bonchev–Trinajstić information content (AvgIpc) is 2.74. The second-order valence-corrected chi connectivity index (χ2v) is 8.70. The largest absolute Gasteiger partial charge is 0.377 e. The van der Waals surface area contributed by atoms with Gasteiger partial charge >= 0.3 is 0 Å². The van der Waals surface area contributed by atoms with Crippen LogP contribution in [0.4, 0.5) is 11.4 Å². The predicted octanol–water partition coefficient (Wildman–Crippen LogP) is 7.67. The van der Waals surface area contributed by atoms with Crippen LogP contribution < -0.4 is 10.6 Å². The van der Waals surface area contributed by atoms with Gasteiger partial charge in [0.05, 0.1) is 23.5 Å². The Bertz CT molecular complexity index is 887. The van der Waals surface area contributed by atoms with Crippen LogP contribution in [0.2, 0.25) is 0 Å². The molecule has 3 nitrogen and oxygen atoms in total. The Morgan fingerprint density at radius 1 is 0.533 bits per heavy atom. The Kier molecular flexibility index (Phi) is 7.15. The van der Waals surface area contributed by atoms with E-state index < -0.39 is 0 Å². The minimum absolute atomic E-state index is 0.125. The zero-order valence-electron chi connectivity index (χ0n) is 19.1. The van der Waals surface area contributed by atoms with Gasteiger partial charge in [0, 0.05) is 11.4 Å². The lowest BCUT2D eigenvalue weighted by Gasteiger charge is -2.22. The van der Waals surface area contributed by atoms with Gasteiger partial charge in [-0.05, 0) is 61.1 Å². The molecule has 0 aliphatic rings. The molecule has 2 aromatic carbocycles.